The fourth-order valence-corrected chi connectivity index (χ4v) is 4.46. The first-order chi connectivity index (χ1) is 14.2. The zero-order valence-corrected chi connectivity index (χ0v) is 20.9. The van der Waals surface area contributed by atoms with Gasteiger partial charge >= 0.3 is 0 Å². The SMILES string of the molecule is CN=C(NCc1ccccc1CN1CCCCC1)N1CCC(CC(=O)NC)CC1.I. The molecule has 2 saturated heterocycles. The minimum Gasteiger partial charge on any atom is -0.359 e. The summed E-state index contributed by atoms with van der Waals surface area (Å²) in [6.07, 6.45) is 6.74. The van der Waals surface area contributed by atoms with Crippen molar-refractivity contribution in [1.82, 2.24) is 20.4 Å². The number of hydrogen-bond donors (Lipinski definition) is 2. The van der Waals surface area contributed by atoms with E-state index < -0.39 is 0 Å². The molecule has 1 aromatic carbocycles. The second-order valence-electron chi connectivity index (χ2n) is 8.31. The Labute approximate surface area is 198 Å². The minimum absolute atomic E-state index is 0. The Morgan fingerprint density at radius 2 is 1.73 bits per heavy atom. The number of nitrogens with zero attached hydrogens (tertiary/aromatic N) is 3. The summed E-state index contributed by atoms with van der Waals surface area (Å²) in [6, 6.07) is 8.77. The van der Waals surface area contributed by atoms with Crippen LogP contribution in [-0.4, -0.2) is 61.9 Å². The number of aliphatic imine (C=N–C) groups is 1. The molecule has 2 heterocycles. The Kier molecular flexibility index (Phi) is 10.9. The van der Waals surface area contributed by atoms with Gasteiger partial charge in [0.15, 0.2) is 5.96 Å². The minimum atomic E-state index is 0. The van der Waals surface area contributed by atoms with Gasteiger partial charge in [-0.05, 0) is 55.8 Å². The maximum atomic E-state index is 11.6. The van der Waals surface area contributed by atoms with Gasteiger partial charge in [-0.3, -0.25) is 14.7 Å². The molecule has 2 fully saturated rings. The van der Waals surface area contributed by atoms with Crippen molar-refractivity contribution < 1.29 is 4.79 Å². The summed E-state index contributed by atoms with van der Waals surface area (Å²) in [7, 11) is 3.57. The van der Waals surface area contributed by atoms with Crippen molar-refractivity contribution in [2.24, 2.45) is 10.9 Å². The molecule has 0 unspecified atom stereocenters. The fraction of sp³-hybridized carbons (Fsp3) is 0.652. The maximum Gasteiger partial charge on any atom is 0.220 e. The van der Waals surface area contributed by atoms with Gasteiger partial charge in [0.1, 0.15) is 0 Å². The van der Waals surface area contributed by atoms with Gasteiger partial charge in [0.2, 0.25) is 5.91 Å². The highest BCUT2D eigenvalue weighted by atomic mass is 127. The van der Waals surface area contributed by atoms with Crippen LogP contribution in [-0.2, 0) is 17.9 Å². The number of halogens is 1. The smallest absolute Gasteiger partial charge is 0.220 e. The summed E-state index contributed by atoms with van der Waals surface area (Å²) < 4.78 is 0. The third-order valence-electron chi connectivity index (χ3n) is 6.28. The Morgan fingerprint density at radius 1 is 1.07 bits per heavy atom. The van der Waals surface area contributed by atoms with Crippen molar-refractivity contribution in [2.75, 3.05) is 40.3 Å². The average molecular weight is 527 g/mol. The van der Waals surface area contributed by atoms with Crippen LogP contribution in [0.3, 0.4) is 0 Å². The summed E-state index contributed by atoms with van der Waals surface area (Å²) in [5.41, 5.74) is 2.77. The van der Waals surface area contributed by atoms with Crippen LogP contribution < -0.4 is 10.6 Å². The largest absolute Gasteiger partial charge is 0.359 e. The van der Waals surface area contributed by atoms with Gasteiger partial charge in [0, 0.05) is 46.7 Å². The molecule has 7 heteroatoms. The van der Waals surface area contributed by atoms with E-state index in [0.29, 0.717) is 12.3 Å². The molecule has 0 atom stereocenters. The van der Waals surface area contributed by atoms with Crippen LogP contribution in [0.5, 0.6) is 0 Å². The Hall–Kier alpha value is -1.35. The van der Waals surface area contributed by atoms with Crippen LogP contribution in [0, 0.1) is 5.92 Å². The Morgan fingerprint density at radius 3 is 2.37 bits per heavy atom. The summed E-state index contributed by atoms with van der Waals surface area (Å²) in [5.74, 6) is 1.60. The number of benzene rings is 1. The van der Waals surface area contributed by atoms with E-state index >= 15 is 0 Å². The van der Waals surface area contributed by atoms with E-state index in [1.54, 1.807) is 7.05 Å². The lowest BCUT2D eigenvalue weighted by Crippen LogP contribution is -2.45. The zero-order valence-electron chi connectivity index (χ0n) is 18.5. The molecule has 3 rings (SSSR count). The molecular formula is C23H38IN5O. The van der Waals surface area contributed by atoms with E-state index in [0.717, 1.165) is 45.0 Å². The highest BCUT2D eigenvalue weighted by Crippen LogP contribution is 2.21. The predicted octanol–water partition coefficient (Wildman–Crippen LogP) is 3.21. The average Bonchev–Trinajstić information content (AvgIpc) is 2.77. The van der Waals surface area contributed by atoms with Crippen molar-refractivity contribution in [1.29, 1.82) is 0 Å². The highest BCUT2D eigenvalue weighted by molar-refractivity contribution is 14.0. The first-order valence-electron chi connectivity index (χ1n) is 11.1. The number of piperidine rings is 2. The normalized spacial score (nSPS) is 18.6. The van der Waals surface area contributed by atoms with Crippen LogP contribution in [0.15, 0.2) is 29.3 Å². The van der Waals surface area contributed by atoms with Crippen LogP contribution in [0.25, 0.3) is 0 Å². The summed E-state index contributed by atoms with van der Waals surface area (Å²) in [4.78, 5) is 21.0. The van der Waals surface area contributed by atoms with Gasteiger partial charge in [0.05, 0.1) is 0 Å². The van der Waals surface area contributed by atoms with Crippen molar-refractivity contribution in [2.45, 2.75) is 51.6 Å². The van der Waals surface area contributed by atoms with Gasteiger partial charge in [-0.2, -0.15) is 0 Å². The molecule has 6 nitrogen and oxygen atoms in total. The first kappa shape index (κ1) is 24.9. The number of carbonyl (C=O) groups excluding carboxylic acids is 1. The lowest BCUT2D eigenvalue weighted by molar-refractivity contribution is -0.121. The van der Waals surface area contributed by atoms with Crippen LogP contribution in [0.4, 0.5) is 0 Å². The monoisotopic (exact) mass is 527 g/mol. The lowest BCUT2D eigenvalue weighted by Gasteiger charge is -2.34. The molecule has 0 saturated carbocycles. The van der Waals surface area contributed by atoms with E-state index in [1.807, 2.05) is 7.05 Å². The molecule has 168 valence electrons. The summed E-state index contributed by atoms with van der Waals surface area (Å²) in [6.45, 7) is 6.19. The van der Waals surface area contributed by atoms with Gasteiger partial charge in [-0.25, -0.2) is 0 Å². The van der Waals surface area contributed by atoms with Gasteiger partial charge < -0.3 is 15.5 Å². The number of rotatable bonds is 6. The molecule has 0 spiro atoms. The van der Waals surface area contributed by atoms with E-state index in [-0.39, 0.29) is 29.9 Å². The molecule has 2 aliphatic heterocycles. The second-order valence-corrected chi connectivity index (χ2v) is 8.31. The van der Waals surface area contributed by atoms with Gasteiger partial charge in [-0.1, -0.05) is 30.7 Å². The van der Waals surface area contributed by atoms with Gasteiger partial charge in [-0.15, -0.1) is 24.0 Å². The molecule has 1 amide bonds. The molecular weight excluding hydrogens is 489 g/mol. The van der Waals surface area contributed by atoms with E-state index in [9.17, 15) is 4.79 Å². The molecule has 30 heavy (non-hydrogen) atoms. The van der Waals surface area contributed by atoms with Crippen molar-refractivity contribution >= 4 is 35.8 Å². The van der Waals surface area contributed by atoms with E-state index in [4.69, 9.17) is 0 Å². The first-order valence-corrected chi connectivity index (χ1v) is 11.1. The zero-order chi connectivity index (χ0) is 20.5. The Balaban J connectivity index is 0.00000320. The molecule has 0 radical (unpaired) electrons. The number of carbonyl (C=O) groups is 1. The van der Waals surface area contributed by atoms with Crippen LogP contribution in [0.1, 0.15) is 49.7 Å². The molecule has 0 aromatic heterocycles. The predicted molar refractivity (Wildman–Crippen MR) is 134 cm³/mol. The number of guanidine groups is 1. The second kappa shape index (κ2) is 13.1. The lowest BCUT2D eigenvalue weighted by atomic mass is 9.93. The maximum absolute atomic E-state index is 11.6. The highest BCUT2D eigenvalue weighted by Gasteiger charge is 2.23. The third kappa shape index (κ3) is 7.41. The molecule has 0 aliphatic carbocycles. The number of likely N-dealkylation sites (tertiary alicyclic amines) is 2. The number of nitrogens with one attached hydrogen (secondary N) is 2. The fourth-order valence-electron chi connectivity index (χ4n) is 4.46. The standard InChI is InChI=1S/C23H37N5O.HI/c1-24-22(29)16-19-10-14-28(15-11-19)23(25-2)26-17-20-8-4-5-9-21(20)18-27-12-6-3-7-13-27;/h4-5,8-9,19H,3,6-7,10-18H2,1-2H3,(H,24,29)(H,25,26);1H. The van der Waals surface area contributed by atoms with Gasteiger partial charge in [0.25, 0.3) is 0 Å². The summed E-state index contributed by atoms with van der Waals surface area (Å²) >= 11 is 0. The topological polar surface area (TPSA) is 60.0 Å². The molecule has 2 aliphatic rings. The van der Waals surface area contributed by atoms with Crippen molar-refractivity contribution in [3.05, 3.63) is 35.4 Å². The number of hydrogen-bond acceptors (Lipinski definition) is 3. The Bertz CT molecular complexity index is 682. The third-order valence-corrected chi connectivity index (χ3v) is 6.28. The van der Waals surface area contributed by atoms with Crippen molar-refractivity contribution in [3.8, 4) is 0 Å². The molecule has 0 bridgehead atoms. The summed E-state index contributed by atoms with van der Waals surface area (Å²) in [5, 5.41) is 6.32. The van der Waals surface area contributed by atoms with E-state index in [2.05, 4.69) is 49.7 Å². The van der Waals surface area contributed by atoms with E-state index in [1.165, 1.54) is 43.5 Å². The number of amides is 1. The van der Waals surface area contributed by atoms with Crippen LogP contribution in [0.2, 0.25) is 0 Å². The quantitative estimate of drug-likeness (QED) is 0.339. The van der Waals surface area contributed by atoms with Crippen LogP contribution >= 0.6 is 24.0 Å². The molecule has 1 aromatic rings. The van der Waals surface area contributed by atoms with Crippen molar-refractivity contribution in [3.63, 3.8) is 0 Å². The molecule has 2 N–H and O–H groups in total.